The maximum absolute atomic E-state index is 5.98. The van der Waals surface area contributed by atoms with Crippen LogP contribution in [0.15, 0.2) is 36.4 Å². The normalized spacial score (nSPS) is 14.9. The van der Waals surface area contributed by atoms with Crippen LogP contribution in [-0.2, 0) is 24.1 Å². The number of fused-ring (bicyclic) bond motifs is 3. The van der Waals surface area contributed by atoms with E-state index in [1.807, 2.05) is 0 Å². The first-order valence-corrected chi connectivity index (χ1v) is 11.7. The van der Waals surface area contributed by atoms with Crippen molar-refractivity contribution in [1.82, 2.24) is 0 Å². The third-order valence-corrected chi connectivity index (χ3v) is 8.99. The topological polar surface area (TPSA) is 27.7 Å². The minimum absolute atomic E-state index is 0.0258. The van der Waals surface area contributed by atoms with Crippen molar-refractivity contribution in [2.24, 2.45) is 0 Å². The summed E-state index contributed by atoms with van der Waals surface area (Å²) in [6.07, 6.45) is 0. The van der Waals surface area contributed by atoms with E-state index in [9.17, 15) is 0 Å². The minimum Gasteiger partial charge on any atom is -0.376 e. The second-order valence-electron chi connectivity index (χ2n) is 9.75. The molecular weight excluding hydrogens is 364 g/mol. The van der Waals surface area contributed by atoms with Gasteiger partial charge in [0.05, 0.1) is 5.54 Å². The van der Waals surface area contributed by atoms with E-state index < -0.39 is 8.80 Å². The van der Waals surface area contributed by atoms with Crippen LogP contribution < -0.4 is 0 Å². The van der Waals surface area contributed by atoms with Gasteiger partial charge in [0.1, 0.15) is 0 Å². The minimum atomic E-state index is -2.95. The molecule has 2 aromatic carbocycles. The van der Waals surface area contributed by atoms with Gasteiger partial charge in [-0.1, -0.05) is 77.9 Å². The number of hydrogen-bond donors (Lipinski definition) is 0. The summed E-state index contributed by atoms with van der Waals surface area (Å²) >= 11 is 0. The highest BCUT2D eigenvalue weighted by atomic mass is 28.4. The van der Waals surface area contributed by atoms with Crippen molar-refractivity contribution in [2.45, 2.75) is 57.9 Å². The molecule has 1 aliphatic rings. The van der Waals surface area contributed by atoms with Crippen molar-refractivity contribution >= 4 is 8.80 Å². The van der Waals surface area contributed by atoms with Gasteiger partial charge in [-0.25, -0.2) is 0 Å². The van der Waals surface area contributed by atoms with Crippen LogP contribution in [0.5, 0.6) is 0 Å². The Morgan fingerprint density at radius 1 is 0.643 bits per heavy atom. The molecule has 152 valence electrons. The van der Waals surface area contributed by atoms with Crippen LogP contribution in [0.3, 0.4) is 0 Å². The van der Waals surface area contributed by atoms with E-state index in [1.54, 1.807) is 21.3 Å². The molecule has 3 nitrogen and oxygen atoms in total. The summed E-state index contributed by atoms with van der Waals surface area (Å²) in [6.45, 7) is 13.5. The van der Waals surface area contributed by atoms with Crippen LogP contribution in [0.4, 0.5) is 0 Å². The molecule has 4 heteroatoms. The average Bonchev–Trinajstić information content (AvgIpc) is 2.96. The maximum Gasteiger partial charge on any atom is 0.512 e. The first kappa shape index (κ1) is 21.3. The van der Waals surface area contributed by atoms with Crippen LogP contribution in [0.25, 0.3) is 11.1 Å². The second kappa shape index (κ2) is 7.10. The van der Waals surface area contributed by atoms with Gasteiger partial charge in [-0.3, -0.25) is 0 Å². The van der Waals surface area contributed by atoms with E-state index in [-0.39, 0.29) is 16.4 Å². The molecular formula is C24H34O3Si. The Labute approximate surface area is 171 Å². The molecule has 0 bridgehead atoms. The van der Waals surface area contributed by atoms with Gasteiger partial charge < -0.3 is 13.3 Å². The summed E-state index contributed by atoms with van der Waals surface area (Å²) in [4.78, 5) is 0. The highest BCUT2D eigenvalue weighted by molar-refractivity contribution is 6.63. The lowest BCUT2D eigenvalue weighted by Crippen LogP contribution is -2.49. The van der Waals surface area contributed by atoms with E-state index in [1.165, 1.54) is 33.4 Å². The molecule has 3 rings (SSSR count). The zero-order valence-electron chi connectivity index (χ0n) is 18.8. The smallest absolute Gasteiger partial charge is 0.376 e. The number of benzene rings is 2. The number of hydrogen-bond acceptors (Lipinski definition) is 3. The van der Waals surface area contributed by atoms with Crippen molar-refractivity contribution in [1.29, 1.82) is 0 Å². The Hall–Kier alpha value is -1.46. The van der Waals surface area contributed by atoms with Crippen LogP contribution in [0.2, 0.25) is 0 Å². The molecule has 0 heterocycles. The van der Waals surface area contributed by atoms with Gasteiger partial charge in [-0.05, 0) is 44.2 Å². The monoisotopic (exact) mass is 398 g/mol. The number of rotatable bonds is 4. The lowest BCUT2D eigenvalue weighted by Gasteiger charge is -2.32. The lowest BCUT2D eigenvalue weighted by atomic mass is 9.85. The standard InChI is InChI=1S/C24H34O3Si/c1-23(2,3)16-10-12-18-19-13-11-17(24(4,5)6)15-21(19)22(20(18)14-16)28(25-7,26-8)27-9/h10-15,22H,1-9H3. The fourth-order valence-corrected chi connectivity index (χ4v) is 6.63. The summed E-state index contributed by atoms with van der Waals surface area (Å²) in [5, 5.41) is 0. The maximum atomic E-state index is 5.98. The molecule has 1 aliphatic carbocycles. The molecule has 0 saturated heterocycles. The van der Waals surface area contributed by atoms with E-state index in [2.05, 4.69) is 77.9 Å². The van der Waals surface area contributed by atoms with E-state index in [0.29, 0.717) is 0 Å². The SMILES string of the molecule is CO[Si](OC)(OC)C1c2cc(C(C)(C)C)ccc2-c2ccc(C(C)(C)C)cc21. The van der Waals surface area contributed by atoms with Crippen molar-refractivity contribution in [3.63, 3.8) is 0 Å². The van der Waals surface area contributed by atoms with Gasteiger partial charge >= 0.3 is 8.80 Å². The summed E-state index contributed by atoms with van der Waals surface area (Å²) in [6, 6.07) is 13.7. The van der Waals surface area contributed by atoms with Crippen molar-refractivity contribution in [2.75, 3.05) is 21.3 Å². The molecule has 0 amide bonds. The molecule has 0 aliphatic heterocycles. The molecule has 2 aromatic rings. The van der Waals surface area contributed by atoms with Crippen molar-refractivity contribution in [3.05, 3.63) is 58.7 Å². The van der Waals surface area contributed by atoms with Crippen molar-refractivity contribution < 1.29 is 13.3 Å². The second-order valence-corrected chi connectivity index (χ2v) is 12.8. The predicted molar refractivity (Wildman–Crippen MR) is 118 cm³/mol. The predicted octanol–water partition coefficient (Wildman–Crippen LogP) is 5.81. The zero-order valence-corrected chi connectivity index (χ0v) is 19.8. The molecule has 28 heavy (non-hydrogen) atoms. The molecule has 0 unspecified atom stereocenters. The van der Waals surface area contributed by atoms with E-state index >= 15 is 0 Å². The molecule has 0 radical (unpaired) electrons. The van der Waals surface area contributed by atoms with Crippen molar-refractivity contribution in [3.8, 4) is 11.1 Å². The Bertz CT molecular complexity index is 799. The van der Waals surface area contributed by atoms with Crippen LogP contribution in [-0.4, -0.2) is 30.1 Å². The van der Waals surface area contributed by atoms with Gasteiger partial charge in [-0.15, -0.1) is 0 Å². The van der Waals surface area contributed by atoms with Gasteiger partial charge in [0, 0.05) is 21.3 Å². The average molecular weight is 399 g/mol. The third kappa shape index (κ3) is 3.37. The summed E-state index contributed by atoms with van der Waals surface area (Å²) in [5.41, 5.74) is 7.77. The quantitative estimate of drug-likeness (QED) is 0.608. The lowest BCUT2D eigenvalue weighted by molar-refractivity contribution is 0.117. The van der Waals surface area contributed by atoms with Gasteiger partial charge in [0.25, 0.3) is 0 Å². The van der Waals surface area contributed by atoms with Gasteiger partial charge in [-0.2, -0.15) is 0 Å². The van der Waals surface area contributed by atoms with Crippen LogP contribution >= 0.6 is 0 Å². The third-order valence-electron chi connectivity index (χ3n) is 5.95. The Kier molecular flexibility index (Phi) is 5.39. The fourth-order valence-electron chi connectivity index (χ4n) is 4.18. The van der Waals surface area contributed by atoms with Crippen LogP contribution in [0.1, 0.15) is 69.3 Å². The van der Waals surface area contributed by atoms with E-state index in [4.69, 9.17) is 13.3 Å². The molecule has 0 aromatic heterocycles. The van der Waals surface area contributed by atoms with E-state index in [0.717, 1.165) is 0 Å². The Morgan fingerprint density at radius 2 is 1.00 bits per heavy atom. The summed E-state index contributed by atoms with van der Waals surface area (Å²) in [7, 11) is 2.17. The first-order chi connectivity index (χ1) is 13.0. The molecule has 0 atom stereocenters. The van der Waals surface area contributed by atoms with Crippen LogP contribution in [0, 0.1) is 0 Å². The summed E-state index contributed by atoms with van der Waals surface area (Å²) in [5.74, 6) is 0. The molecule has 0 saturated carbocycles. The summed E-state index contributed by atoms with van der Waals surface area (Å²) < 4.78 is 17.9. The molecule has 0 N–H and O–H groups in total. The molecule has 0 spiro atoms. The Balaban J connectivity index is 2.31. The fraction of sp³-hybridized carbons (Fsp3) is 0.500. The zero-order chi connectivity index (χ0) is 20.9. The van der Waals surface area contributed by atoms with Gasteiger partial charge in [0.2, 0.25) is 0 Å². The highest BCUT2D eigenvalue weighted by Gasteiger charge is 2.53. The largest absolute Gasteiger partial charge is 0.512 e. The first-order valence-electron chi connectivity index (χ1n) is 9.93. The molecule has 0 fully saturated rings. The Morgan fingerprint density at radius 3 is 1.29 bits per heavy atom. The van der Waals surface area contributed by atoms with Gasteiger partial charge in [0.15, 0.2) is 0 Å². The highest BCUT2D eigenvalue weighted by Crippen LogP contribution is 2.51.